The topological polar surface area (TPSA) is 35.0 Å². The first kappa shape index (κ1) is 11.5. The largest absolute Gasteiger partial charge is 0.430 e. The number of benzene rings is 1. The summed E-state index contributed by atoms with van der Waals surface area (Å²) in [7, 11) is 0. The minimum absolute atomic E-state index is 0.582. The molecule has 1 heterocycles. The first-order valence-electron chi connectivity index (χ1n) is 4.81. The van der Waals surface area contributed by atoms with Crippen LogP contribution in [0, 0.1) is 20.8 Å². The zero-order chi connectivity index (χ0) is 11.7. The summed E-state index contributed by atoms with van der Waals surface area (Å²) in [6.07, 6.45) is 0. The van der Waals surface area contributed by atoms with Crippen molar-refractivity contribution in [3.05, 3.63) is 32.7 Å². The highest BCUT2D eigenvalue weighted by atomic mass is 79.9. The minimum Gasteiger partial charge on any atom is -0.430 e. The van der Waals surface area contributed by atoms with Crippen molar-refractivity contribution in [1.29, 1.82) is 0 Å². The van der Waals surface area contributed by atoms with E-state index in [1.54, 1.807) is 0 Å². The molecule has 0 atom stereocenters. The van der Waals surface area contributed by atoms with Gasteiger partial charge in [-0.2, -0.15) is 0 Å². The normalized spacial score (nSPS) is 10.5. The molecular formula is C11H11BrN2OS. The van der Waals surface area contributed by atoms with Crippen LogP contribution >= 0.6 is 27.3 Å². The highest BCUT2D eigenvalue weighted by Gasteiger charge is 2.06. The van der Waals surface area contributed by atoms with Gasteiger partial charge in [0.2, 0.25) is 0 Å². The van der Waals surface area contributed by atoms with E-state index in [1.165, 1.54) is 11.3 Å². The van der Waals surface area contributed by atoms with E-state index in [0.29, 0.717) is 5.19 Å². The lowest BCUT2D eigenvalue weighted by Gasteiger charge is -2.07. The third-order valence-electron chi connectivity index (χ3n) is 2.12. The van der Waals surface area contributed by atoms with E-state index in [-0.39, 0.29) is 0 Å². The number of hydrogen-bond acceptors (Lipinski definition) is 4. The van der Waals surface area contributed by atoms with Gasteiger partial charge in [-0.05, 0) is 44.0 Å². The zero-order valence-corrected chi connectivity index (χ0v) is 11.6. The molecule has 16 heavy (non-hydrogen) atoms. The molecule has 0 N–H and O–H groups in total. The summed E-state index contributed by atoms with van der Waals surface area (Å²) >= 11 is 4.96. The van der Waals surface area contributed by atoms with Gasteiger partial charge in [-0.3, -0.25) is 0 Å². The molecule has 2 aromatic rings. The summed E-state index contributed by atoms with van der Waals surface area (Å²) in [6.45, 7) is 5.98. The number of aromatic nitrogens is 2. The van der Waals surface area contributed by atoms with E-state index in [0.717, 1.165) is 26.4 Å². The molecule has 1 aromatic carbocycles. The van der Waals surface area contributed by atoms with Crippen LogP contribution in [0.3, 0.4) is 0 Å². The SMILES string of the molecule is Cc1nnc(Oc2cc(C)c(Br)c(C)c2)s1. The molecular weight excluding hydrogens is 288 g/mol. The first-order valence-corrected chi connectivity index (χ1v) is 6.42. The van der Waals surface area contributed by atoms with Crippen molar-refractivity contribution in [3.63, 3.8) is 0 Å². The Morgan fingerprint density at radius 3 is 2.25 bits per heavy atom. The average molecular weight is 299 g/mol. The predicted molar refractivity (Wildman–Crippen MR) is 68.3 cm³/mol. The molecule has 84 valence electrons. The molecule has 0 fully saturated rings. The summed E-state index contributed by atoms with van der Waals surface area (Å²) in [5.41, 5.74) is 2.30. The van der Waals surface area contributed by atoms with Gasteiger partial charge in [0, 0.05) is 4.47 Å². The Hall–Kier alpha value is -0.940. The van der Waals surface area contributed by atoms with Gasteiger partial charge >= 0.3 is 0 Å². The Morgan fingerprint density at radius 1 is 1.12 bits per heavy atom. The van der Waals surface area contributed by atoms with E-state index >= 15 is 0 Å². The number of rotatable bonds is 2. The maximum absolute atomic E-state index is 5.64. The Morgan fingerprint density at radius 2 is 1.75 bits per heavy atom. The molecule has 0 aliphatic carbocycles. The van der Waals surface area contributed by atoms with Crippen LogP contribution in [0.4, 0.5) is 0 Å². The third kappa shape index (κ3) is 2.41. The van der Waals surface area contributed by atoms with E-state index in [2.05, 4.69) is 26.1 Å². The second-order valence-electron chi connectivity index (χ2n) is 3.56. The fraction of sp³-hybridized carbons (Fsp3) is 0.273. The zero-order valence-electron chi connectivity index (χ0n) is 9.24. The van der Waals surface area contributed by atoms with Crippen LogP contribution < -0.4 is 4.74 Å². The fourth-order valence-electron chi connectivity index (χ4n) is 1.39. The molecule has 0 unspecified atom stereocenters. The van der Waals surface area contributed by atoms with Crippen LogP contribution in [0.25, 0.3) is 0 Å². The van der Waals surface area contributed by atoms with E-state index < -0.39 is 0 Å². The molecule has 5 heteroatoms. The summed E-state index contributed by atoms with van der Waals surface area (Å²) in [6, 6.07) is 3.96. The molecule has 0 saturated carbocycles. The number of hydrogen-bond donors (Lipinski definition) is 0. The summed E-state index contributed by atoms with van der Waals surface area (Å²) < 4.78 is 6.76. The Labute approximate surface area is 107 Å². The molecule has 0 amide bonds. The molecule has 0 spiro atoms. The van der Waals surface area contributed by atoms with Gasteiger partial charge in [-0.15, -0.1) is 5.10 Å². The molecule has 2 rings (SSSR count). The first-order chi connectivity index (χ1) is 7.56. The van der Waals surface area contributed by atoms with Crippen LogP contribution in [-0.2, 0) is 0 Å². The monoisotopic (exact) mass is 298 g/mol. The number of aryl methyl sites for hydroxylation is 3. The van der Waals surface area contributed by atoms with Gasteiger partial charge in [-0.25, -0.2) is 0 Å². The van der Waals surface area contributed by atoms with Crippen molar-refractivity contribution < 1.29 is 4.74 Å². The van der Waals surface area contributed by atoms with Gasteiger partial charge in [0.05, 0.1) is 0 Å². The lowest BCUT2D eigenvalue weighted by molar-refractivity contribution is 0.472. The molecule has 3 nitrogen and oxygen atoms in total. The highest BCUT2D eigenvalue weighted by Crippen LogP contribution is 2.30. The smallest absolute Gasteiger partial charge is 0.299 e. The van der Waals surface area contributed by atoms with Crippen molar-refractivity contribution in [2.24, 2.45) is 0 Å². The number of nitrogens with zero attached hydrogens (tertiary/aromatic N) is 2. The second-order valence-corrected chi connectivity index (χ2v) is 5.50. The summed E-state index contributed by atoms with van der Waals surface area (Å²) in [5, 5.41) is 9.32. The van der Waals surface area contributed by atoms with Crippen molar-refractivity contribution in [2.45, 2.75) is 20.8 Å². The Kier molecular flexibility index (Phi) is 3.25. The van der Waals surface area contributed by atoms with E-state index in [1.807, 2.05) is 32.9 Å². The van der Waals surface area contributed by atoms with Crippen LogP contribution in [0.15, 0.2) is 16.6 Å². The van der Waals surface area contributed by atoms with Gasteiger partial charge < -0.3 is 4.74 Å². The summed E-state index contributed by atoms with van der Waals surface area (Å²) in [5.74, 6) is 0.800. The van der Waals surface area contributed by atoms with Crippen molar-refractivity contribution in [3.8, 4) is 10.9 Å². The Balaban J connectivity index is 2.28. The average Bonchev–Trinajstić information content (AvgIpc) is 2.60. The van der Waals surface area contributed by atoms with Gasteiger partial charge in [0.25, 0.3) is 5.19 Å². The lowest BCUT2D eigenvalue weighted by atomic mass is 10.1. The van der Waals surface area contributed by atoms with E-state index in [4.69, 9.17) is 4.74 Å². The molecule has 0 radical (unpaired) electrons. The highest BCUT2D eigenvalue weighted by molar-refractivity contribution is 9.10. The van der Waals surface area contributed by atoms with Gasteiger partial charge in [0.15, 0.2) is 0 Å². The van der Waals surface area contributed by atoms with Crippen LogP contribution in [0.5, 0.6) is 10.9 Å². The summed E-state index contributed by atoms with van der Waals surface area (Å²) in [4.78, 5) is 0. The Bertz CT molecular complexity index is 501. The molecule has 0 saturated heterocycles. The lowest BCUT2D eigenvalue weighted by Crippen LogP contribution is -1.88. The molecule has 1 aromatic heterocycles. The van der Waals surface area contributed by atoms with Crippen LogP contribution in [-0.4, -0.2) is 10.2 Å². The van der Waals surface area contributed by atoms with Gasteiger partial charge in [-0.1, -0.05) is 32.4 Å². The number of halogens is 1. The van der Waals surface area contributed by atoms with Gasteiger partial charge in [0.1, 0.15) is 10.8 Å². The van der Waals surface area contributed by atoms with Crippen LogP contribution in [0.2, 0.25) is 0 Å². The van der Waals surface area contributed by atoms with Crippen molar-refractivity contribution in [2.75, 3.05) is 0 Å². The standard InChI is InChI=1S/C11H11BrN2OS/c1-6-4-9(5-7(2)10(6)12)15-11-14-13-8(3)16-11/h4-5H,1-3H3. The van der Waals surface area contributed by atoms with Crippen molar-refractivity contribution >= 4 is 27.3 Å². The second kappa shape index (κ2) is 4.51. The molecule has 0 aliphatic rings. The minimum atomic E-state index is 0.582. The number of ether oxygens (including phenoxy) is 1. The van der Waals surface area contributed by atoms with Crippen LogP contribution in [0.1, 0.15) is 16.1 Å². The maximum Gasteiger partial charge on any atom is 0.299 e. The molecule has 0 aliphatic heterocycles. The predicted octanol–water partition coefficient (Wildman–Crippen LogP) is 4.02. The van der Waals surface area contributed by atoms with Crippen molar-refractivity contribution in [1.82, 2.24) is 10.2 Å². The maximum atomic E-state index is 5.64. The third-order valence-corrected chi connectivity index (χ3v) is 4.09. The molecule has 0 bridgehead atoms. The van der Waals surface area contributed by atoms with E-state index in [9.17, 15) is 0 Å². The fourth-order valence-corrected chi connectivity index (χ4v) is 2.17. The quantitative estimate of drug-likeness (QED) is 0.840.